The van der Waals surface area contributed by atoms with Gasteiger partial charge in [-0.3, -0.25) is 0 Å². The summed E-state index contributed by atoms with van der Waals surface area (Å²) in [5.41, 5.74) is 0. The minimum atomic E-state index is 0.500. The fourth-order valence-electron chi connectivity index (χ4n) is 0.354. The summed E-state index contributed by atoms with van der Waals surface area (Å²) < 4.78 is 0.500. The van der Waals surface area contributed by atoms with Crippen molar-refractivity contribution in [3.8, 4) is 0 Å². The van der Waals surface area contributed by atoms with Gasteiger partial charge in [-0.1, -0.05) is 33.1 Å². The molecule has 0 aromatic rings. The van der Waals surface area contributed by atoms with Crippen LogP contribution in [0.1, 0.15) is 53.9 Å². The summed E-state index contributed by atoms with van der Waals surface area (Å²) in [6.07, 6.45) is 4.08. The van der Waals surface area contributed by atoms with Gasteiger partial charge in [0.25, 0.3) is 0 Å². The Labute approximate surface area is 76.0 Å². The van der Waals surface area contributed by atoms with Gasteiger partial charge in [-0.05, 0) is 0 Å². The molecule has 0 nitrogen and oxygen atoms in total. The van der Waals surface area contributed by atoms with Gasteiger partial charge in [0.15, 0.2) is 0 Å². The number of rotatable bonds is 2. The molecule has 0 aliphatic heterocycles. The first-order valence-electron chi connectivity index (χ1n) is 4.41. The van der Waals surface area contributed by atoms with Crippen LogP contribution in [0.2, 0.25) is 4.09 Å². The van der Waals surface area contributed by atoms with Gasteiger partial charge in [0.2, 0.25) is 0 Å². The molecule has 0 aromatic carbocycles. The third-order valence-corrected chi connectivity index (χ3v) is 0.707. The quantitative estimate of drug-likeness (QED) is 0.509. The van der Waals surface area contributed by atoms with Crippen molar-refractivity contribution in [3.63, 3.8) is 0 Å². The van der Waals surface area contributed by atoms with E-state index in [-0.39, 0.29) is 0 Å². The van der Waals surface area contributed by atoms with Gasteiger partial charge in [0.1, 0.15) is 0 Å². The standard InChI is InChI=1S/C5H12.C4H9.Li/c1-3-5-4-2;1-4(2)3;/h3-5H2,1-2H3;1-3H3;. The van der Waals surface area contributed by atoms with E-state index in [0.29, 0.717) is 4.09 Å². The van der Waals surface area contributed by atoms with Crippen LogP contribution in [0.25, 0.3) is 0 Å². The van der Waals surface area contributed by atoms with E-state index >= 15 is 0 Å². The third kappa shape index (κ3) is 73.6. The van der Waals surface area contributed by atoms with Crippen molar-refractivity contribution < 1.29 is 0 Å². The zero-order chi connectivity index (χ0) is 8.62. The van der Waals surface area contributed by atoms with Gasteiger partial charge in [-0.2, -0.15) is 0 Å². The van der Waals surface area contributed by atoms with Crippen molar-refractivity contribution in [2.24, 2.45) is 0 Å². The SMILES string of the molecule is CCCCC.[Li][C](C)(C)C. The fraction of sp³-hybridized carbons (Fsp3) is 1.00. The second-order valence-corrected chi connectivity index (χ2v) is 4.35. The van der Waals surface area contributed by atoms with E-state index < -0.39 is 0 Å². The molecule has 0 atom stereocenters. The van der Waals surface area contributed by atoms with Crippen LogP contribution in [0.15, 0.2) is 0 Å². The normalized spacial score (nSPS) is 10.3. The summed E-state index contributed by atoms with van der Waals surface area (Å²) in [6.45, 7) is 11.0. The van der Waals surface area contributed by atoms with E-state index in [1.807, 2.05) is 0 Å². The van der Waals surface area contributed by atoms with Gasteiger partial charge in [-0.15, -0.1) is 0 Å². The minimum absolute atomic E-state index is 0.500. The second-order valence-electron chi connectivity index (χ2n) is 4.35. The van der Waals surface area contributed by atoms with Gasteiger partial charge < -0.3 is 0 Å². The third-order valence-electron chi connectivity index (χ3n) is 0.707. The number of hydrogen-bond acceptors (Lipinski definition) is 0. The molecule has 0 bridgehead atoms. The molecule has 0 saturated heterocycles. The van der Waals surface area contributed by atoms with E-state index in [9.17, 15) is 0 Å². The Morgan fingerprint density at radius 3 is 1.20 bits per heavy atom. The first-order valence-corrected chi connectivity index (χ1v) is 4.41. The molecule has 10 heavy (non-hydrogen) atoms. The molecular formula is C9H21Li. The van der Waals surface area contributed by atoms with Crippen LogP contribution in [0, 0.1) is 0 Å². The van der Waals surface area contributed by atoms with Crippen LogP contribution < -0.4 is 0 Å². The molecule has 0 spiro atoms. The average molecular weight is 136 g/mol. The van der Waals surface area contributed by atoms with Crippen LogP contribution in [-0.4, -0.2) is 17.7 Å². The zero-order valence-electron chi connectivity index (χ0n) is 8.62. The Bertz CT molecular complexity index is 44.2. The number of unbranched alkanes of at least 4 members (excludes halogenated alkanes) is 2. The summed E-state index contributed by atoms with van der Waals surface area (Å²) in [6, 6.07) is 0. The molecule has 0 fully saturated rings. The molecule has 0 aliphatic rings. The summed E-state index contributed by atoms with van der Waals surface area (Å²) >= 11 is 2.19. The van der Waals surface area contributed by atoms with Crippen molar-refractivity contribution in [2.75, 3.05) is 0 Å². The van der Waals surface area contributed by atoms with Crippen LogP contribution >= 0.6 is 0 Å². The Balaban J connectivity index is 0. The Kier molecular flexibility index (Phi) is 10.2. The Morgan fingerprint density at radius 2 is 1.20 bits per heavy atom. The molecule has 0 saturated carbocycles. The predicted molar refractivity (Wildman–Crippen MR) is 50.7 cm³/mol. The van der Waals surface area contributed by atoms with Gasteiger partial charge in [0, 0.05) is 0 Å². The summed E-state index contributed by atoms with van der Waals surface area (Å²) in [5, 5.41) is 0. The number of hydrogen-bond donors (Lipinski definition) is 0. The molecule has 0 unspecified atom stereocenters. The molecular weight excluding hydrogens is 115 g/mol. The first kappa shape index (κ1) is 13.2. The van der Waals surface area contributed by atoms with Gasteiger partial charge in [0.05, 0.1) is 0 Å². The van der Waals surface area contributed by atoms with Gasteiger partial charge in [-0.25, -0.2) is 0 Å². The van der Waals surface area contributed by atoms with E-state index in [1.165, 1.54) is 19.3 Å². The molecule has 0 heterocycles. The second kappa shape index (κ2) is 7.70. The van der Waals surface area contributed by atoms with E-state index in [2.05, 4.69) is 52.3 Å². The van der Waals surface area contributed by atoms with E-state index in [1.54, 1.807) is 0 Å². The topological polar surface area (TPSA) is 0 Å². The van der Waals surface area contributed by atoms with Crippen LogP contribution in [-0.2, 0) is 0 Å². The average Bonchev–Trinajstić information content (AvgIpc) is 1.63. The van der Waals surface area contributed by atoms with Crippen molar-refractivity contribution in [1.82, 2.24) is 0 Å². The molecule has 0 amide bonds. The van der Waals surface area contributed by atoms with E-state index in [4.69, 9.17) is 0 Å². The van der Waals surface area contributed by atoms with Crippen molar-refractivity contribution in [2.45, 2.75) is 58.0 Å². The molecule has 0 rings (SSSR count). The van der Waals surface area contributed by atoms with Crippen LogP contribution in [0.4, 0.5) is 0 Å². The molecule has 0 radical (unpaired) electrons. The first-order chi connectivity index (χ1) is 4.41. The molecule has 0 aliphatic carbocycles. The Morgan fingerprint density at radius 1 is 1.00 bits per heavy atom. The molecule has 0 N–H and O–H groups in total. The van der Waals surface area contributed by atoms with Crippen molar-refractivity contribution in [3.05, 3.63) is 0 Å². The predicted octanol–water partition coefficient (Wildman–Crippen LogP) is 3.57. The molecule has 58 valence electrons. The molecule has 0 aromatic heterocycles. The fourth-order valence-corrected chi connectivity index (χ4v) is 0.354. The zero-order valence-corrected chi connectivity index (χ0v) is 8.62. The maximum absolute atomic E-state index is 2.21. The maximum atomic E-state index is 2.21. The summed E-state index contributed by atoms with van der Waals surface area (Å²) in [7, 11) is 0. The monoisotopic (exact) mass is 136 g/mol. The summed E-state index contributed by atoms with van der Waals surface area (Å²) in [4.78, 5) is 0. The van der Waals surface area contributed by atoms with Crippen molar-refractivity contribution in [1.29, 1.82) is 0 Å². The molecule has 1 heteroatoms. The van der Waals surface area contributed by atoms with Crippen molar-refractivity contribution >= 4 is 17.7 Å². The van der Waals surface area contributed by atoms with E-state index in [0.717, 1.165) is 0 Å². The van der Waals surface area contributed by atoms with Gasteiger partial charge >= 0.3 is 42.6 Å². The summed E-state index contributed by atoms with van der Waals surface area (Å²) in [5.74, 6) is 0. The Hall–Kier alpha value is 0.597. The van der Waals surface area contributed by atoms with Crippen LogP contribution in [0.3, 0.4) is 0 Å². The van der Waals surface area contributed by atoms with Crippen LogP contribution in [0.5, 0.6) is 0 Å².